The van der Waals surface area contributed by atoms with Gasteiger partial charge in [-0.25, -0.2) is 4.79 Å². The minimum Gasteiger partial charge on any atom is -0.481 e. The van der Waals surface area contributed by atoms with Crippen molar-refractivity contribution in [2.75, 3.05) is 16.0 Å². The predicted octanol–water partition coefficient (Wildman–Crippen LogP) is 5.51. The lowest BCUT2D eigenvalue weighted by Gasteiger charge is -2.43. The zero-order valence-electron chi connectivity index (χ0n) is 11.8. The Hall–Kier alpha value is 1.02. The van der Waals surface area contributed by atoms with Gasteiger partial charge in [-0.1, -0.05) is 82.6 Å². The summed E-state index contributed by atoms with van der Waals surface area (Å²) in [4.78, 5) is 23.5. The van der Waals surface area contributed by atoms with Crippen molar-refractivity contribution in [1.29, 1.82) is 0 Å². The summed E-state index contributed by atoms with van der Waals surface area (Å²) in [5, 5.41) is 18.0. The molecule has 0 aromatic rings. The Bertz CT molecular complexity index is 610. The monoisotopic (exact) mass is 608 g/mol. The molecule has 1 aliphatic carbocycles. The fourth-order valence-electron chi connectivity index (χ4n) is 2.35. The molecule has 0 fully saturated rings. The number of carbonyl (C=O) groups is 2. The van der Waals surface area contributed by atoms with E-state index in [1.165, 1.54) is 0 Å². The van der Waals surface area contributed by atoms with Gasteiger partial charge < -0.3 is 10.2 Å². The van der Waals surface area contributed by atoms with Gasteiger partial charge in [0.25, 0.3) is 0 Å². The van der Waals surface area contributed by atoms with Gasteiger partial charge in [0.15, 0.2) is 0 Å². The summed E-state index contributed by atoms with van der Waals surface area (Å²) in [5.74, 6) is -2.76. The molecule has 4 nitrogen and oxygen atoms in total. The third-order valence-electron chi connectivity index (χ3n) is 3.80. The van der Waals surface area contributed by atoms with Crippen molar-refractivity contribution in [2.24, 2.45) is 10.8 Å². The molecule has 0 spiro atoms. The highest BCUT2D eigenvalue weighted by molar-refractivity contribution is 9.10. The van der Waals surface area contributed by atoms with Crippen LogP contribution in [0.1, 0.15) is 6.42 Å². The summed E-state index contributed by atoms with van der Waals surface area (Å²) in [6.07, 6.45) is -0.0244. The molecular weight excluding hydrogens is 602 g/mol. The summed E-state index contributed by atoms with van der Waals surface area (Å²) in [7, 11) is 0. The van der Waals surface area contributed by atoms with E-state index in [-0.39, 0.29) is 16.5 Å². The van der Waals surface area contributed by atoms with E-state index in [2.05, 4.69) is 47.8 Å². The van der Waals surface area contributed by atoms with Gasteiger partial charge in [-0.15, -0.1) is 11.6 Å². The van der Waals surface area contributed by atoms with E-state index in [9.17, 15) is 19.8 Å². The number of carboxylic acid groups (broad SMARTS) is 2. The highest BCUT2D eigenvalue weighted by Crippen LogP contribution is 2.56. The Balaban J connectivity index is 3.66. The summed E-state index contributed by atoms with van der Waals surface area (Å²) in [5.41, 5.74) is -2.92. The molecule has 2 unspecified atom stereocenters. The van der Waals surface area contributed by atoms with Crippen LogP contribution in [0.15, 0.2) is 20.7 Å². The second-order valence-corrected chi connectivity index (χ2v) is 8.65. The van der Waals surface area contributed by atoms with Gasteiger partial charge in [0, 0.05) is 21.4 Å². The summed E-state index contributed by atoms with van der Waals surface area (Å²) >= 11 is 34.8. The van der Waals surface area contributed by atoms with E-state index in [0.29, 0.717) is 16.0 Å². The van der Waals surface area contributed by atoms with Gasteiger partial charge in [-0.3, -0.25) is 4.79 Å². The number of aliphatic carboxylic acids is 2. The lowest BCUT2D eigenvalue weighted by atomic mass is 9.68. The third kappa shape index (κ3) is 3.82. The van der Waals surface area contributed by atoms with Crippen LogP contribution in [-0.2, 0) is 9.59 Å². The first kappa shape index (κ1) is 23.1. The average molecular weight is 613 g/mol. The second-order valence-electron chi connectivity index (χ2n) is 5.37. The van der Waals surface area contributed by atoms with Gasteiger partial charge >= 0.3 is 11.9 Å². The van der Waals surface area contributed by atoms with E-state index in [1.54, 1.807) is 0 Å². The quantitative estimate of drug-likeness (QED) is 0.372. The molecule has 0 aromatic carbocycles. The van der Waals surface area contributed by atoms with Crippen molar-refractivity contribution in [3.8, 4) is 0 Å². The van der Waals surface area contributed by atoms with Crippen LogP contribution in [0.5, 0.6) is 0 Å². The van der Waals surface area contributed by atoms with Crippen molar-refractivity contribution in [2.45, 2.75) is 11.8 Å². The fraction of sp³-hybridized carbons (Fsp3) is 0.538. The van der Waals surface area contributed by atoms with Gasteiger partial charge in [-0.05, 0) is 6.42 Å². The van der Waals surface area contributed by atoms with Crippen LogP contribution in [-0.4, -0.2) is 43.5 Å². The zero-order chi connectivity index (χ0) is 18.9. The summed E-state index contributed by atoms with van der Waals surface area (Å²) < 4.78 is 0. The normalized spacial score (nSPS) is 25.2. The Kier molecular flexibility index (Phi) is 8.46. The molecule has 0 amide bonds. The van der Waals surface area contributed by atoms with E-state index < -0.39 is 38.8 Å². The molecule has 1 aliphatic rings. The first-order valence-corrected chi connectivity index (χ1v) is 11.2. The summed E-state index contributed by atoms with van der Waals surface area (Å²) in [6.45, 7) is 0. The maximum absolute atomic E-state index is 12.2. The van der Waals surface area contributed by atoms with Crippen molar-refractivity contribution in [3.05, 3.63) is 20.7 Å². The Labute approximate surface area is 183 Å². The number of alkyl halides is 4. The van der Waals surface area contributed by atoms with Crippen molar-refractivity contribution in [1.82, 2.24) is 0 Å². The van der Waals surface area contributed by atoms with Crippen LogP contribution in [0, 0.1) is 10.8 Å². The lowest BCUT2D eigenvalue weighted by molar-refractivity contribution is -0.147. The van der Waals surface area contributed by atoms with Gasteiger partial charge in [0.05, 0.1) is 26.0 Å². The molecule has 11 heteroatoms. The number of halogens is 7. The number of hydrogen-bond acceptors (Lipinski definition) is 2. The molecule has 136 valence electrons. The van der Waals surface area contributed by atoms with E-state index in [4.69, 9.17) is 46.4 Å². The SMILES string of the molecule is O=C(O)C1=C(Cl)C(Cl)C(CC(CBr)(CBr)CBr)(C(=O)O)C(Cl)=C1Cl. The molecule has 0 radical (unpaired) electrons. The molecule has 0 aliphatic heterocycles. The molecular formula is C13H11Br3Cl4O4. The standard InChI is InChI=1S/C13H11Br3Cl4O4/c14-2-12(3-15,4-16)1-13(11(23)24)8(19)6(17)5(10(21)22)7(18)9(13)20/h8H,1-4H2,(H,21,22)(H,23,24). The predicted molar refractivity (Wildman–Crippen MR) is 107 cm³/mol. The number of hydrogen-bond donors (Lipinski definition) is 2. The maximum atomic E-state index is 12.2. The zero-order valence-corrected chi connectivity index (χ0v) is 19.5. The largest absolute Gasteiger partial charge is 0.481 e. The Morgan fingerprint density at radius 1 is 1.08 bits per heavy atom. The minimum absolute atomic E-state index is 0.0244. The molecule has 2 N–H and O–H groups in total. The van der Waals surface area contributed by atoms with Crippen LogP contribution in [0.4, 0.5) is 0 Å². The molecule has 0 heterocycles. The second kappa shape index (κ2) is 8.81. The van der Waals surface area contributed by atoms with Crippen LogP contribution < -0.4 is 0 Å². The summed E-state index contributed by atoms with van der Waals surface area (Å²) in [6, 6.07) is 0. The van der Waals surface area contributed by atoms with Crippen molar-refractivity contribution >= 4 is 106 Å². The number of carboxylic acids is 2. The maximum Gasteiger partial charge on any atom is 0.338 e. The van der Waals surface area contributed by atoms with Gasteiger partial charge in [0.1, 0.15) is 5.41 Å². The van der Waals surface area contributed by atoms with E-state index in [0.717, 1.165) is 0 Å². The molecule has 1 rings (SSSR count). The van der Waals surface area contributed by atoms with Gasteiger partial charge in [0.2, 0.25) is 0 Å². The number of rotatable bonds is 7. The highest BCUT2D eigenvalue weighted by Gasteiger charge is 2.57. The lowest BCUT2D eigenvalue weighted by Crippen LogP contribution is -2.49. The van der Waals surface area contributed by atoms with Crippen molar-refractivity contribution in [3.63, 3.8) is 0 Å². The van der Waals surface area contributed by atoms with E-state index in [1.807, 2.05) is 0 Å². The highest BCUT2D eigenvalue weighted by atomic mass is 79.9. The molecule has 0 saturated carbocycles. The average Bonchev–Trinajstić information content (AvgIpc) is 2.54. The number of allylic oxidation sites excluding steroid dienone is 1. The molecule has 24 heavy (non-hydrogen) atoms. The topological polar surface area (TPSA) is 74.6 Å². The van der Waals surface area contributed by atoms with Crippen LogP contribution >= 0.6 is 94.2 Å². The molecule has 0 aromatic heterocycles. The van der Waals surface area contributed by atoms with E-state index >= 15 is 0 Å². The van der Waals surface area contributed by atoms with Gasteiger partial charge in [-0.2, -0.15) is 0 Å². The first-order valence-electron chi connectivity index (χ1n) is 6.29. The minimum atomic E-state index is -1.86. The fourth-order valence-corrected chi connectivity index (χ4v) is 7.28. The molecule has 2 atom stereocenters. The van der Waals surface area contributed by atoms with Crippen LogP contribution in [0.25, 0.3) is 0 Å². The molecule has 0 saturated heterocycles. The van der Waals surface area contributed by atoms with Crippen molar-refractivity contribution < 1.29 is 19.8 Å². The Morgan fingerprint density at radius 2 is 1.54 bits per heavy atom. The molecule has 0 bridgehead atoms. The van der Waals surface area contributed by atoms with Crippen LogP contribution in [0.3, 0.4) is 0 Å². The third-order valence-corrected chi connectivity index (χ3v) is 9.48. The first-order chi connectivity index (χ1) is 11.0. The smallest absolute Gasteiger partial charge is 0.338 e. The van der Waals surface area contributed by atoms with Crippen LogP contribution in [0.2, 0.25) is 0 Å². The Morgan fingerprint density at radius 3 is 1.88 bits per heavy atom.